The number of carbonyl (C=O) groups excluding carboxylic acids is 1. The number of rotatable bonds is 4. The van der Waals surface area contributed by atoms with Gasteiger partial charge in [0.1, 0.15) is 0 Å². The summed E-state index contributed by atoms with van der Waals surface area (Å²) in [7, 11) is 0. The number of anilines is 1. The third kappa shape index (κ3) is 6.19. The van der Waals surface area contributed by atoms with E-state index >= 15 is 0 Å². The molecule has 3 fully saturated rings. The van der Waals surface area contributed by atoms with Gasteiger partial charge in [-0.3, -0.25) is 4.90 Å². The first kappa shape index (κ1) is 27.6. The number of fused-ring (bicyclic) bond motifs is 2. The van der Waals surface area contributed by atoms with Crippen LogP contribution in [0.15, 0.2) is 18.2 Å². The first-order valence-electron chi connectivity index (χ1n) is 11.5. The molecule has 3 heterocycles. The van der Waals surface area contributed by atoms with E-state index < -0.39 is 36.3 Å². The summed E-state index contributed by atoms with van der Waals surface area (Å²) in [5.41, 5.74) is 0.219. The molecule has 0 saturated carbocycles. The van der Waals surface area contributed by atoms with Gasteiger partial charge in [-0.1, -0.05) is 6.07 Å². The molecule has 0 aromatic heterocycles. The van der Waals surface area contributed by atoms with Crippen LogP contribution >= 0.6 is 0 Å². The first-order chi connectivity index (χ1) is 17.1. The highest BCUT2D eigenvalue weighted by Crippen LogP contribution is 2.40. The molecule has 6 nitrogen and oxygen atoms in total. The van der Waals surface area contributed by atoms with Crippen molar-refractivity contribution >= 4 is 11.8 Å². The number of ether oxygens (including phenoxy) is 2. The fraction of sp³-hybridized carbons (Fsp3) is 0.682. The van der Waals surface area contributed by atoms with E-state index in [-0.39, 0.29) is 44.8 Å². The molecular weight excluding hydrogens is 525 g/mol. The molecule has 1 amide bonds. The van der Waals surface area contributed by atoms with Crippen molar-refractivity contribution in [1.29, 1.82) is 0 Å². The molecule has 2 atom stereocenters. The number of hydrogen-bond donors (Lipinski definition) is 0. The van der Waals surface area contributed by atoms with Crippen molar-refractivity contribution in [2.24, 2.45) is 0 Å². The monoisotopic (exact) mass is 549 g/mol. The summed E-state index contributed by atoms with van der Waals surface area (Å²) in [6.07, 6.45) is -20.6. The lowest BCUT2D eigenvalue weighted by atomic mass is 10.0. The van der Waals surface area contributed by atoms with Crippen LogP contribution in [0.25, 0.3) is 0 Å². The summed E-state index contributed by atoms with van der Waals surface area (Å²) in [5.74, 6) is 0. The van der Waals surface area contributed by atoms with E-state index in [1.807, 2.05) is 4.90 Å². The minimum atomic E-state index is -5.81. The maximum atomic E-state index is 13.4. The molecule has 2 bridgehead atoms. The number of benzene rings is 1. The molecule has 208 valence electrons. The van der Waals surface area contributed by atoms with Crippen LogP contribution in [0.1, 0.15) is 24.0 Å². The topological polar surface area (TPSA) is 45.2 Å². The Hall–Kier alpha value is -2.42. The summed E-state index contributed by atoms with van der Waals surface area (Å²) in [4.78, 5) is 16.5. The Morgan fingerprint density at radius 2 is 1.49 bits per heavy atom. The van der Waals surface area contributed by atoms with Crippen molar-refractivity contribution in [3.63, 3.8) is 0 Å². The van der Waals surface area contributed by atoms with Crippen LogP contribution in [-0.4, -0.2) is 85.8 Å². The smallest absolute Gasteiger partial charge is 0.426 e. The van der Waals surface area contributed by atoms with E-state index in [1.165, 1.54) is 6.07 Å². The Kier molecular flexibility index (Phi) is 7.49. The van der Waals surface area contributed by atoms with Gasteiger partial charge >= 0.3 is 24.6 Å². The second-order valence-corrected chi connectivity index (χ2v) is 9.28. The average molecular weight is 549 g/mol. The maximum Gasteiger partial charge on any atom is 0.434 e. The van der Waals surface area contributed by atoms with Crippen LogP contribution in [0.3, 0.4) is 0 Å². The lowest BCUT2D eigenvalue weighted by Gasteiger charge is -2.39. The average Bonchev–Trinajstić information content (AvgIpc) is 3.03. The summed E-state index contributed by atoms with van der Waals surface area (Å²) >= 11 is 0. The predicted octanol–water partition coefficient (Wildman–Crippen LogP) is 4.82. The molecule has 0 radical (unpaired) electrons. The van der Waals surface area contributed by atoms with Crippen molar-refractivity contribution in [3.8, 4) is 0 Å². The fourth-order valence-electron chi connectivity index (χ4n) is 4.96. The number of alkyl halides is 9. The highest BCUT2D eigenvalue weighted by Gasteiger charge is 2.60. The molecule has 37 heavy (non-hydrogen) atoms. The van der Waals surface area contributed by atoms with E-state index in [9.17, 15) is 44.3 Å². The Balaban J connectivity index is 1.44. The first-order valence-corrected chi connectivity index (χ1v) is 11.5. The van der Waals surface area contributed by atoms with E-state index in [1.54, 1.807) is 4.90 Å². The normalized spacial score (nSPS) is 23.6. The fourth-order valence-corrected chi connectivity index (χ4v) is 4.96. The van der Waals surface area contributed by atoms with Gasteiger partial charge in [0.15, 0.2) is 0 Å². The van der Waals surface area contributed by atoms with Gasteiger partial charge in [-0.15, -0.1) is 0 Å². The van der Waals surface area contributed by atoms with Gasteiger partial charge in [0.2, 0.25) is 0 Å². The lowest BCUT2D eigenvalue weighted by Crippen LogP contribution is -2.52. The van der Waals surface area contributed by atoms with Crippen LogP contribution in [0.5, 0.6) is 0 Å². The summed E-state index contributed by atoms with van der Waals surface area (Å²) in [6, 6.07) is 3.33. The van der Waals surface area contributed by atoms with Crippen LogP contribution in [0.2, 0.25) is 0 Å². The number of amides is 1. The van der Waals surface area contributed by atoms with Gasteiger partial charge in [-0.2, -0.15) is 39.5 Å². The Labute approximate surface area is 205 Å². The summed E-state index contributed by atoms with van der Waals surface area (Å²) < 4.78 is 126. The molecule has 3 saturated heterocycles. The third-order valence-corrected chi connectivity index (χ3v) is 6.77. The highest BCUT2D eigenvalue weighted by atomic mass is 19.4. The minimum absolute atomic E-state index is 0.0668. The van der Waals surface area contributed by atoms with Crippen molar-refractivity contribution in [3.05, 3.63) is 29.3 Å². The molecule has 4 rings (SSSR count). The molecule has 0 aliphatic carbocycles. The van der Waals surface area contributed by atoms with Crippen LogP contribution in [0.4, 0.5) is 50.0 Å². The highest BCUT2D eigenvalue weighted by molar-refractivity contribution is 5.68. The third-order valence-electron chi connectivity index (χ3n) is 6.77. The Morgan fingerprint density at radius 3 is 2.00 bits per heavy atom. The summed E-state index contributed by atoms with van der Waals surface area (Å²) in [6.45, 7) is 0.705. The van der Waals surface area contributed by atoms with E-state index in [2.05, 4.69) is 4.74 Å². The van der Waals surface area contributed by atoms with Gasteiger partial charge in [0, 0.05) is 38.4 Å². The van der Waals surface area contributed by atoms with E-state index in [4.69, 9.17) is 4.74 Å². The number of carbonyl (C=O) groups is 1. The standard InChI is InChI=1S/C22H24F9N3O3/c23-20(24,25)14-2-1-13(17(9-14)34-15-3-4-16(34)12-36-11-15)10-32-5-7-33(8-6-32)19(35)37-18(21(26,27)28)22(29,30)31/h1-2,9,15-16,18H,3-8,10-12H2/t15-,16+. The van der Waals surface area contributed by atoms with Crippen molar-refractivity contribution in [2.75, 3.05) is 44.3 Å². The van der Waals surface area contributed by atoms with Gasteiger partial charge in [0.05, 0.1) is 30.9 Å². The number of nitrogens with zero attached hydrogens (tertiary/aromatic N) is 3. The van der Waals surface area contributed by atoms with Crippen LogP contribution in [0, 0.1) is 0 Å². The Bertz CT molecular complexity index is 945. The van der Waals surface area contributed by atoms with Gasteiger partial charge in [0.25, 0.3) is 6.10 Å². The number of halogens is 9. The predicted molar refractivity (Wildman–Crippen MR) is 111 cm³/mol. The van der Waals surface area contributed by atoms with Crippen molar-refractivity contribution < 1.29 is 53.8 Å². The van der Waals surface area contributed by atoms with Gasteiger partial charge in [-0.25, -0.2) is 4.79 Å². The summed E-state index contributed by atoms with van der Waals surface area (Å²) in [5, 5.41) is 0. The van der Waals surface area contributed by atoms with Gasteiger partial charge < -0.3 is 19.3 Å². The molecule has 1 aromatic rings. The maximum absolute atomic E-state index is 13.4. The number of piperazine rings is 1. The molecule has 0 unspecified atom stereocenters. The zero-order valence-corrected chi connectivity index (χ0v) is 19.3. The van der Waals surface area contributed by atoms with E-state index in [0.29, 0.717) is 24.5 Å². The van der Waals surface area contributed by atoms with E-state index in [0.717, 1.165) is 29.9 Å². The second-order valence-electron chi connectivity index (χ2n) is 9.28. The van der Waals surface area contributed by atoms with Crippen molar-refractivity contribution in [2.45, 2.75) is 56.1 Å². The molecule has 3 aliphatic heterocycles. The van der Waals surface area contributed by atoms with Gasteiger partial charge in [-0.05, 0) is 30.5 Å². The molecule has 3 aliphatic rings. The molecule has 1 aromatic carbocycles. The number of hydrogen-bond acceptors (Lipinski definition) is 5. The Morgan fingerprint density at radius 1 is 0.919 bits per heavy atom. The largest absolute Gasteiger partial charge is 0.434 e. The SMILES string of the molecule is O=C(OC(C(F)(F)F)C(F)(F)F)N1CCN(Cc2ccc(C(F)(F)F)cc2N2[C@@H]3CC[C@H]2COC3)CC1. The molecule has 0 spiro atoms. The number of morpholine rings is 1. The molecular formula is C22H24F9N3O3. The van der Waals surface area contributed by atoms with Crippen LogP contribution < -0.4 is 4.90 Å². The zero-order valence-electron chi connectivity index (χ0n) is 19.3. The molecule has 15 heteroatoms. The zero-order chi connectivity index (χ0) is 27.2. The quantitative estimate of drug-likeness (QED) is 0.505. The lowest BCUT2D eigenvalue weighted by molar-refractivity contribution is -0.308. The molecule has 0 N–H and O–H groups in total. The van der Waals surface area contributed by atoms with Crippen molar-refractivity contribution in [1.82, 2.24) is 9.80 Å². The van der Waals surface area contributed by atoms with Crippen LogP contribution in [-0.2, 0) is 22.2 Å². The minimum Gasteiger partial charge on any atom is -0.426 e. The second kappa shape index (κ2) is 10.0.